The molecule has 0 N–H and O–H groups in total. The zero-order valence-electron chi connectivity index (χ0n) is 12.4. The summed E-state index contributed by atoms with van der Waals surface area (Å²) in [5, 5.41) is 1.00. The molecule has 0 saturated heterocycles. The highest BCUT2D eigenvalue weighted by atomic mass is 35.5. The first-order chi connectivity index (χ1) is 10.6. The first-order valence-corrected chi connectivity index (χ1v) is 7.50. The summed E-state index contributed by atoms with van der Waals surface area (Å²) >= 11 is 12.1. The molecule has 0 spiro atoms. The third kappa shape index (κ3) is 3.73. The van der Waals surface area contributed by atoms with Gasteiger partial charge in [0.05, 0.1) is 24.3 Å². The average molecular weight is 339 g/mol. The summed E-state index contributed by atoms with van der Waals surface area (Å²) in [5.74, 6) is 1.14. The van der Waals surface area contributed by atoms with Crippen LogP contribution in [0.1, 0.15) is 22.3 Å². The predicted molar refractivity (Wildman–Crippen MR) is 88.7 cm³/mol. The van der Waals surface area contributed by atoms with Crippen LogP contribution < -0.4 is 9.47 Å². The van der Waals surface area contributed by atoms with Crippen LogP contribution in [0, 0.1) is 0 Å². The first kappa shape index (κ1) is 16.7. The van der Waals surface area contributed by atoms with Crippen LogP contribution in [0.2, 0.25) is 10.0 Å². The highest BCUT2D eigenvalue weighted by Crippen LogP contribution is 2.29. The van der Waals surface area contributed by atoms with Crippen LogP contribution in [0.3, 0.4) is 0 Å². The third-order valence-corrected chi connectivity index (χ3v) is 4.22. The lowest BCUT2D eigenvalue weighted by Gasteiger charge is -2.09. The number of Topliss-reactive ketones (excluding diaryl/α,β-unsaturated/α-hetero) is 1. The quantitative estimate of drug-likeness (QED) is 0.708. The van der Waals surface area contributed by atoms with Crippen molar-refractivity contribution in [2.45, 2.75) is 12.8 Å². The number of hydrogen-bond donors (Lipinski definition) is 0. The Hall–Kier alpha value is -1.71. The van der Waals surface area contributed by atoms with Gasteiger partial charge in [0.15, 0.2) is 17.3 Å². The molecule has 2 aromatic carbocycles. The molecule has 5 heteroatoms. The van der Waals surface area contributed by atoms with Gasteiger partial charge in [-0.25, -0.2) is 0 Å². The topological polar surface area (TPSA) is 35.5 Å². The summed E-state index contributed by atoms with van der Waals surface area (Å²) in [5.41, 5.74) is 1.44. The second kappa shape index (κ2) is 7.52. The molecule has 0 aliphatic heterocycles. The van der Waals surface area contributed by atoms with Crippen molar-refractivity contribution in [1.82, 2.24) is 0 Å². The highest BCUT2D eigenvalue weighted by Gasteiger charge is 2.12. The largest absolute Gasteiger partial charge is 0.493 e. The van der Waals surface area contributed by atoms with Crippen LogP contribution >= 0.6 is 23.2 Å². The van der Waals surface area contributed by atoms with Crippen LogP contribution in [-0.2, 0) is 6.42 Å². The molecular formula is C17H16Cl2O3. The maximum absolute atomic E-state index is 12.3. The number of ketones is 1. The van der Waals surface area contributed by atoms with Crippen molar-refractivity contribution in [3.05, 3.63) is 57.6 Å². The SMILES string of the molecule is COc1ccc(C(=O)CCc2cccc(Cl)c2Cl)cc1OC. The standard InChI is InChI=1S/C17H16Cl2O3/c1-21-15-9-7-12(10-16(15)22-2)14(20)8-6-11-4-3-5-13(18)17(11)19/h3-5,7,9-10H,6,8H2,1-2H3. The molecule has 3 nitrogen and oxygen atoms in total. The lowest BCUT2D eigenvalue weighted by Crippen LogP contribution is -2.03. The van der Waals surface area contributed by atoms with Crippen molar-refractivity contribution in [2.24, 2.45) is 0 Å². The van der Waals surface area contributed by atoms with Gasteiger partial charge in [0, 0.05) is 12.0 Å². The number of methoxy groups -OCH3 is 2. The molecule has 0 atom stereocenters. The molecule has 0 bridgehead atoms. The third-order valence-electron chi connectivity index (χ3n) is 3.36. The fourth-order valence-electron chi connectivity index (χ4n) is 2.14. The molecule has 2 rings (SSSR count). The average Bonchev–Trinajstić information content (AvgIpc) is 2.55. The van der Waals surface area contributed by atoms with Gasteiger partial charge < -0.3 is 9.47 Å². The van der Waals surface area contributed by atoms with E-state index in [9.17, 15) is 4.79 Å². The van der Waals surface area contributed by atoms with Crippen LogP contribution in [0.25, 0.3) is 0 Å². The van der Waals surface area contributed by atoms with Crippen LogP contribution in [0.15, 0.2) is 36.4 Å². The fourth-order valence-corrected chi connectivity index (χ4v) is 2.56. The second-order valence-electron chi connectivity index (χ2n) is 4.71. The van der Waals surface area contributed by atoms with E-state index in [0.29, 0.717) is 39.9 Å². The number of halogens is 2. The minimum absolute atomic E-state index is 0.0111. The number of carbonyl (C=O) groups is 1. The van der Waals surface area contributed by atoms with E-state index >= 15 is 0 Å². The lowest BCUT2D eigenvalue weighted by molar-refractivity contribution is 0.0982. The Balaban J connectivity index is 2.11. The Bertz CT molecular complexity index is 684. The van der Waals surface area contributed by atoms with Gasteiger partial charge in [-0.3, -0.25) is 4.79 Å². The number of carbonyl (C=O) groups excluding carboxylic acids is 1. The normalized spacial score (nSPS) is 10.4. The smallest absolute Gasteiger partial charge is 0.163 e. The molecule has 0 unspecified atom stereocenters. The number of rotatable bonds is 6. The molecule has 0 saturated carbocycles. The molecular weight excluding hydrogens is 323 g/mol. The van der Waals surface area contributed by atoms with Crippen LogP contribution in [-0.4, -0.2) is 20.0 Å². The zero-order chi connectivity index (χ0) is 16.1. The van der Waals surface area contributed by atoms with Gasteiger partial charge in [-0.2, -0.15) is 0 Å². The number of hydrogen-bond acceptors (Lipinski definition) is 3. The van der Waals surface area contributed by atoms with Crippen molar-refractivity contribution >= 4 is 29.0 Å². The summed E-state index contributed by atoms with van der Waals surface area (Å²) in [7, 11) is 3.10. The summed E-state index contributed by atoms with van der Waals surface area (Å²) in [4.78, 5) is 12.3. The fraction of sp³-hybridized carbons (Fsp3) is 0.235. The summed E-state index contributed by atoms with van der Waals surface area (Å²) < 4.78 is 10.4. The molecule has 0 radical (unpaired) electrons. The Morgan fingerprint density at radius 3 is 2.45 bits per heavy atom. The van der Waals surface area contributed by atoms with E-state index in [1.54, 1.807) is 31.4 Å². The molecule has 0 aliphatic carbocycles. The molecule has 0 heterocycles. The molecule has 22 heavy (non-hydrogen) atoms. The predicted octanol–water partition coefficient (Wildman–Crippen LogP) is 4.83. The van der Waals surface area contributed by atoms with E-state index in [4.69, 9.17) is 32.7 Å². The van der Waals surface area contributed by atoms with Gasteiger partial charge in [0.1, 0.15) is 0 Å². The maximum Gasteiger partial charge on any atom is 0.163 e. The summed E-state index contributed by atoms with van der Waals surface area (Å²) in [6.07, 6.45) is 0.877. The van der Waals surface area contributed by atoms with Gasteiger partial charge in [0.25, 0.3) is 0 Å². The van der Waals surface area contributed by atoms with Gasteiger partial charge in [-0.05, 0) is 36.2 Å². The molecule has 0 aromatic heterocycles. The van der Waals surface area contributed by atoms with Crippen molar-refractivity contribution in [3.63, 3.8) is 0 Å². The highest BCUT2D eigenvalue weighted by molar-refractivity contribution is 6.42. The molecule has 0 aliphatic rings. The van der Waals surface area contributed by atoms with E-state index in [1.165, 1.54) is 7.11 Å². The van der Waals surface area contributed by atoms with E-state index in [2.05, 4.69) is 0 Å². The second-order valence-corrected chi connectivity index (χ2v) is 5.49. The van der Waals surface area contributed by atoms with Crippen molar-refractivity contribution < 1.29 is 14.3 Å². The summed E-state index contributed by atoms with van der Waals surface area (Å²) in [6.45, 7) is 0. The van der Waals surface area contributed by atoms with Gasteiger partial charge in [-0.1, -0.05) is 35.3 Å². The van der Waals surface area contributed by atoms with Gasteiger partial charge >= 0.3 is 0 Å². The van der Waals surface area contributed by atoms with Crippen molar-refractivity contribution in [2.75, 3.05) is 14.2 Å². The lowest BCUT2D eigenvalue weighted by atomic mass is 10.0. The Morgan fingerprint density at radius 1 is 1.05 bits per heavy atom. The molecule has 0 fully saturated rings. The van der Waals surface area contributed by atoms with Gasteiger partial charge in [0.2, 0.25) is 0 Å². The summed E-state index contributed by atoms with van der Waals surface area (Å²) in [6, 6.07) is 10.5. The molecule has 116 valence electrons. The monoisotopic (exact) mass is 338 g/mol. The van der Waals surface area contributed by atoms with E-state index in [0.717, 1.165) is 5.56 Å². The Morgan fingerprint density at radius 2 is 1.77 bits per heavy atom. The first-order valence-electron chi connectivity index (χ1n) is 6.75. The Kier molecular flexibility index (Phi) is 5.69. The number of ether oxygens (including phenoxy) is 2. The minimum Gasteiger partial charge on any atom is -0.493 e. The van der Waals surface area contributed by atoms with Gasteiger partial charge in [-0.15, -0.1) is 0 Å². The van der Waals surface area contributed by atoms with E-state index < -0.39 is 0 Å². The maximum atomic E-state index is 12.3. The van der Waals surface area contributed by atoms with Crippen molar-refractivity contribution in [1.29, 1.82) is 0 Å². The minimum atomic E-state index is 0.0111. The molecule has 2 aromatic rings. The zero-order valence-corrected chi connectivity index (χ0v) is 13.9. The number of aryl methyl sites for hydroxylation is 1. The Labute approximate surface area is 139 Å². The van der Waals surface area contributed by atoms with E-state index in [-0.39, 0.29) is 5.78 Å². The molecule has 0 amide bonds. The number of benzene rings is 2. The van der Waals surface area contributed by atoms with Crippen LogP contribution in [0.4, 0.5) is 0 Å². The van der Waals surface area contributed by atoms with E-state index in [1.807, 2.05) is 12.1 Å². The van der Waals surface area contributed by atoms with Crippen LogP contribution in [0.5, 0.6) is 11.5 Å². The van der Waals surface area contributed by atoms with Crippen molar-refractivity contribution in [3.8, 4) is 11.5 Å².